The van der Waals surface area contributed by atoms with Crippen LogP contribution in [0.4, 0.5) is 17.6 Å². The van der Waals surface area contributed by atoms with Crippen molar-refractivity contribution in [2.75, 3.05) is 0 Å². The van der Waals surface area contributed by atoms with Gasteiger partial charge in [0, 0.05) is 0 Å². The van der Waals surface area contributed by atoms with E-state index in [4.69, 9.17) is 0 Å². The fourth-order valence-corrected chi connectivity index (χ4v) is 3.87. The summed E-state index contributed by atoms with van der Waals surface area (Å²) in [5.41, 5.74) is 2.59. The number of hydrogen-bond donors (Lipinski definition) is 0. The van der Waals surface area contributed by atoms with Crippen molar-refractivity contribution >= 4 is 0 Å². The minimum Gasteiger partial charge on any atom is -0.252 e. The Balaban J connectivity index is 1.64. The summed E-state index contributed by atoms with van der Waals surface area (Å²) in [6.45, 7) is 0. The molecule has 0 saturated carbocycles. The molecular formula is C27H16F4N4. The molecule has 0 aliphatic rings. The zero-order valence-electron chi connectivity index (χ0n) is 18.0. The molecule has 5 rings (SSSR count). The maximum Gasteiger partial charge on any atom is 0.224 e. The summed E-state index contributed by atoms with van der Waals surface area (Å²) >= 11 is 0. The van der Waals surface area contributed by atoms with E-state index >= 15 is 0 Å². The van der Waals surface area contributed by atoms with E-state index in [1.807, 2.05) is 30.3 Å². The van der Waals surface area contributed by atoms with Crippen molar-refractivity contribution in [3.8, 4) is 22.5 Å². The molecule has 4 aromatic heterocycles. The molecule has 8 heteroatoms. The first-order valence-corrected chi connectivity index (χ1v) is 10.6. The van der Waals surface area contributed by atoms with Crippen LogP contribution in [0.3, 0.4) is 0 Å². The standard InChI is InChI=1S/C27H16F4N4/c28-23-14-12-17(26(30)34-23)19-8-4-10-21(32-19)25(16-6-2-1-3-7-16)22-11-5-9-20(33-22)18-13-15-24(29)35-27(18)31/h1-15,25H. The van der Waals surface area contributed by atoms with Gasteiger partial charge in [0.15, 0.2) is 0 Å². The summed E-state index contributed by atoms with van der Waals surface area (Å²) in [6, 6.07) is 24.3. The van der Waals surface area contributed by atoms with Crippen LogP contribution in [-0.2, 0) is 0 Å². The van der Waals surface area contributed by atoms with Crippen molar-refractivity contribution in [2.45, 2.75) is 5.92 Å². The van der Waals surface area contributed by atoms with Gasteiger partial charge in [-0.3, -0.25) is 9.97 Å². The van der Waals surface area contributed by atoms with Crippen molar-refractivity contribution in [3.05, 3.63) is 132 Å². The van der Waals surface area contributed by atoms with Crippen LogP contribution in [0.15, 0.2) is 91.0 Å². The van der Waals surface area contributed by atoms with Crippen molar-refractivity contribution in [3.63, 3.8) is 0 Å². The predicted molar refractivity (Wildman–Crippen MR) is 122 cm³/mol. The van der Waals surface area contributed by atoms with Crippen LogP contribution in [0.2, 0.25) is 0 Å². The topological polar surface area (TPSA) is 51.6 Å². The minimum atomic E-state index is -0.967. The molecule has 0 fully saturated rings. The summed E-state index contributed by atoms with van der Waals surface area (Å²) in [5.74, 6) is -4.28. The van der Waals surface area contributed by atoms with Crippen LogP contribution >= 0.6 is 0 Å². The lowest BCUT2D eigenvalue weighted by Gasteiger charge is -2.18. The Bertz CT molecular complexity index is 1410. The number of benzene rings is 1. The highest BCUT2D eigenvalue weighted by Gasteiger charge is 2.22. The normalized spacial score (nSPS) is 11.1. The zero-order chi connectivity index (χ0) is 24.4. The van der Waals surface area contributed by atoms with Crippen LogP contribution in [0, 0.1) is 23.8 Å². The Morgan fingerprint density at radius 2 is 0.943 bits per heavy atom. The van der Waals surface area contributed by atoms with Crippen LogP contribution in [0.5, 0.6) is 0 Å². The first-order chi connectivity index (χ1) is 17.0. The minimum absolute atomic E-state index is 0.0567. The van der Waals surface area contributed by atoms with E-state index in [0.717, 1.165) is 17.7 Å². The Morgan fingerprint density at radius 1 is 0.457 bits per heavy atom. The van der Waals surface area contributed by atoms with Crippen LogP contribution in [0.1, 0.15) is 22.9 Å². The van der Waals surface area contributed by atoms with Crippen LogP contribution in [0.25, 0.3) is 22.5 Å². The number of rotatable bonds is 5. The molecule has 0 aliphatic heterocycles. The lowest BCUT2D eigenvalue weighted by Crippen LogP contribution is -2.09. The van der Waals surface area contributed by atoms with E-state index in [2.05, 4.69) is 19.9 Å². The van der Waals surface area contributed by atoms with Gasteiger partial charge in [0.25, 0.3) is 0 Å². The van der Waals surface area contributed by atoms with Gasteiger partial charge in [-0.25, -0.2) is 0 Å². The molecule has 0 N–H and O–H groups in total. The first-order valence-electron chi connectivity index (χ1n) is 10.6. The number of nitrogens with zero attached hydrogens (tertiary/aromatic N) is 4. The van der Waals surface area contributed by atoms with Crippen LogP contribution < -0.4 is 0 Å². The van der Waals surface area contributed by atoms with Gasteiger partial charge in [-0.2, -0.15) is 27.5 Å². The Kier molecular flexibility index (Phi) is 6.01. The SMILES string of the molecule is Fc1ccc(-c2cccc(C(c3ccccc3)c3cccc(-c4ccc(F)nc4F)n3)n2)c(F)n1. The summed E-state index contributed by atoms with van der Waals surface area (Å²) in [5, 5.41) is 0. The second-order valence-electron chi connectivity index (χ2n) is 7.68. The van der Waals surface area contributed by atoms with Crippen LogP contribution in [-0.4, -0.2) is 19.9 Å². The first kappa shape index (κ1) is 22.3. The number of pyridine rings is 4. The monoisotopic (exact) mass is 472 g/mol. The Labute approximate surface area is 198 Å². The Hall–Kier alpha value is -4.46. The third-order valence-corrected chi connectivity index (χ3v) is 5.45. The highest BCUT2D eigenvalue weighted by atomic mass is 19.1. The van der Waals surface area contributed by atoms with Gasteiger partial charge in [-0.1, -0.05) is 42.5 Å². The maximum absolute atomic E-state index is 14.4. The molecular weight excluding hydrogens is 456 g/mol. The molecule has 0 aliphatic carbocycles. The van der Waals surface area contributed by atoms with E-state index in [1.54, 1.807) is 36.4 Å². The van der Waals surface area contributed by atoms with Gasteiger partial charge in [-0.05, 0) is 54.1 Å². The van der Waals surface area contributed by atoms with Crippen molar-refractivity contribution in [2.24, 2.45) is 0 Å². The zero-order valence-corrected chi connectivity index (χ0v) is 18.0. The third kappa shape index (κ3) is 4.63. The molecule has 4 heterocycles. The molecule has 4 nitrogen and oxygen atoms in total. The van der Waals surface area contributed by atoms with E-state index in [1.165, 1.54) is 12.1 Å². The van der Waals surface area contributed by atoms with E-state index in [0.29, 0.717) is 11.4 Å². The summed E-state index contributed by atoms with van der Waals surface area (Å²) < 4.78 is 55.3. The van der Waals surface area contributed by atoms with E-state index in [9.17, 15) is 17.6 Å². The van der Waals surface area contributed by atoms with Gasteiger partial charge < -0.3 is 0 Å². The molecule has 5 aromatic rings. The second kappa shape index (κ2) is 9.42. The highest BCUT2D eigenvalue weighted by molar-refractivity contribution is 5.61. The lowest BCUT2D eigenvalue weighted by atomic mass is 9.91. The molecule has 0 atom stereocenters. The highest BCUT2D eigenvalue weighted by Crippen LogP contribution is 2.33. The fourth-order valence-electron chi connectivity index (χ4n) is 3.87. The van der Waals surface area contributed by atoms with Crippen molar-refractivity contribution in [1.29, 1.82) is 0 Å². The molecule has 0 unspecified atom stereocenters. The molecule has 0 radical (unpaired) electrons. The van der Waals surface area contributed by atoms with E-state index < -0.39 is 29.7 Å². The number of aromatic nitrogens is 4. The average molecular weight is 472 g/mol. The van der Waals surface area contributed by atoms with Gasteiger partial charge in [-0.15, -0.1) is 0 Å². The van der Waals surface area contributed by atoms with Crippen molar-refractivity contribution in [1.82, 2.24) is 19.9 Å². The van der Waals surface area contributed by atoms with Gasteiger partial charge in [0.1, 0.15) is 0 Å². The van der Waals surface area contributed by atoms with E-state index in [-0.39, 0.29) is 22.5 Å². The van der Waals surface area contributed by atoms with Gasteiger partial charge in [0.05, 0.1) is 39.8 Å². The smallest absolute Gasteiger partial charge is 0.224 e. The molecule has 35 heavy (non-hydrogen) atoms. The second-order valence-corrected chi connectivity index (χ2v) is 7.68. The fraction of sp³-hybridized carbons (Fsp3) is 0.0370. The number of halogens is 4. The molecule has 0 amide bonds. The average Bonchev–Trinajstić information content (AvgIpc) is 2.85. The Morgan fingerprint density at radius 3 is 1.40 bits per heavy atom. The van der Waals surface area contributed by atoms with Gasteiger partial charge in [0.2, 0.25) is 23.8 Å². The molecule has 0 bridgehead atoms. The molecule has 1 aromatic carbocycles. The third-order valence-electron chi connectivity index (χ3n) is 5.45. The molecule has 172 valence electrons. The quantitative estimate of drug-likeness (QED) is 0.221. The predicted octanol–water partition coefficient (Wildman–Crippen LogP) is 6.34. The summed E-state index contributed by atoms with van der Waals surface area (Å²) in [4.78, 5) is 15.8. The summed E-state index contributed by atoms with van der Waals surface area (Å²) in [6.07, 6.45) is 0. The summed E-state index contributed by atoms with van der Waals surface area (Å²) in [7, 11) is 0. The van der Waals surface area contributed by atoms with Crippen molar-refractivity contribution < 1.29 is 17.6 Å². The molecule has 0 saturated heterocycles. The largest absolute Gasteiger partial charge is 0.252 e. The lowest BCUT2D eigenvalue weighted by molar-refractivity contribution is 0.514. The number of hydrogen-bond acceptors (Lipinski definition) is 4. The molecule has 0 spiro atoms. The maximum atomic E-state index is 14.4. The van der Waals surface area contributed by atoms with Gasteiger partial charge >= 0.3 is 0 Å².